The van der Waals surface area contributed by atoms with Crippen LogP contribution in [0.2, 0.25) is 0 Å². The van der Waals surface area contributed by atoms with E-state index in [0.29, 0.717) is 13.0 Å². The molecule has 2 N–H and O–H groups in total. The number of nitrogens with zero attached hydrogens (tertiary/aromatic N) is 1. The van der Waals surface area contributed by atoms with Crippen LogP contribution in [0, 0.1) is 0 Å². The lowest BCUT2D eigenvalue weighted by Gasteiger charge is -2.10. The Morgan fingerprint density at radius 3 is 2.41 bits per heavy atom. The van der Waals surface area contributed by atoms with Crippen LogP contribution in [0.3, 0.4) is 0 Å². The number of hydrogen-bond acceptors (Lipinski definition) is 2. The molecular weight excluding hydrogens is 357 g/mol. The molecule has 1 unspecified atom stereocenters. The van der Waals surface area contributed by atoms with E-state index >= 15 is 0 Å². The maximum absolute atomic E-state index is 12.7. The van der Waals surface area contributed by atoms with Crippen molar-refractivity contribution < 1.29 is 23.1 Å². The van der Waals surface area contributed by atoms with Crippen LogP contribution in [0.4, 0.5) is 13.2 Å². The first kappa shape index (κ1) is 19.0. The molecule has 4 nitrogen and oxygen atoms in total. The van der Waals surface area contributed by atoms with Crippen LogP contribution >= 0.6 is 0 Å². The third-order valence-corrected chi connectivity index (χ3v) is 4.58. The minimum absolute atomic E-state index is 0.312. The number of para-hydroxylation sites is 1. The van der Waals surface area contributed by atoms with Crippen molar-refractivity contribution >= 4 is 16.9 Å². The summed E-state index contributed by atoms with van der Waals surface area (Å²) in [6, 6.07) is 11.9. The molecule has 0 saturated carbocycles. The maximum atomic E-state index is 12.7. The van der Waals surface area contributed by atoms with Crippen molar-refractivity contribution in [3.05, 3.63) is 71.4 Å². The quantitative estimate of drug-likeness (QED) is 0.686. The van der Waals surface area contributed by atoms with Gasteiger partial charge < -0.3 is 15.0 Å². The number of rotatable bonds is 6. The van der Waals surface area contributed by atoms with E-state index in [4.69, 9.17) is 0 Å². The summed E-state index contributed by atoms with van der Waals surface area (Å²) >= 11 is 0. The molecule has 7 heteroatoms. The summed E-state index contributed by atoms with van der Waals surface area (Å²) in [4.78, 5) is 11.3. The number of carboxylic acids is 1. The van der Waals surface area contributed by atoms with Crippen molar-refractivity contribution in [2.45, 2.75) is 25.2 Å². The molecule has 0 spiro atoms. The van der Waals surface area contributed by atoms with Gasteiger partial charge in [0.2, 0.25) is 0 Å². The second-order valence-corrected chi connectivity index (χ2v) is 6.38. The molecule has 0 aliphatic rings. The van der Waals surface area contributed by atoms with E-state index in [1.165, 1.54) is 12.1 Å². The molecule has 0 amide bonds. The van der Waals surface area contributed by atoms with Crippen molar-refractivity contribution in [1.29, 1.82) is 0 Å². The van der Waals surface area contributed by atoms with Crippen LogP contribution in [0.5, 0.6) is 0 Å². The van der Waals surface area contributed by atoms with E-state index < -0.39 is 23.8 Å². The minimum atomic E-state index is -4.36. The first-order chi connectivity index (χ1) is 12.8. The molecule has 3 rings (SSSR count). The monoisotopic (exact) mass is 376 g/mol. The Bertz CT molecular complexity index is 946. The molecule has 1 aromatic heterocycles. The van der Waals surface area contributed by atoms with E-state index in [9.17, 15) is 23.1 Å². The van der Waals surface area contributed by atoms with Crippen LogP contribution in [0.25, 0.3) is 10.9 Å². The van der Waals surface area contributed by atoms with Crippen LogP contribution < -0.4 is 5.32 Å². The van der Waals surface area contributed by atoms with Crippen molar-refractivity contribution in [2.24, 2.45) is 0 Å². The summed E-state index contributed by atoms with van der Waals surface area (Å²) in [5, 5.41) is 13.0. The number of benzene rings is 2. The molecule has 0 aliphatic carbocycles. The average Bonchev–Trinajstić information content (AvgIpc) is 2.97. The first-order valence-corrected chi connectivity index (χ1v) is 8.42. The number of carboxylic acid groups (broad SMARTS) is 1. The lowest BCUT2D eigenvalue weighted by Crippen LogP contribution is -2.35. The van der Waals surface area contributed by atoms with Crippen LogP contribution in [0.15, 0.2) is 54.7 Å². The number of aromatic nitrogens is 1. The molecule has 27 heavy (non-hydrogen) atoms. The van der Waals surface area contributed by atoms with Gasteiger partial charge in [-0.3, -0.25) is 4.79 Å². The predicted octanol–water partition coefficient (Wildman–Crippen LogP) is 3.92. The number of fused-ring (bicyclic) bond motifs is 1. The van der Waals surface area contributed by atoms with Gasteiger partial charge >= 0.3 is 12.1 Å². The number of halogens is 3. The third-order valence-electron chi connectivity index (χ3n) is 4.58. The molecule has 0 saturated heterocycles. The highest BCUT2D eigenvalue weighted by molar-refractivity contribution is 5.85. The van der Waals surface area contributed by atoms with Crippen molar-refractivity contribution in [3.8, 4) is 0 Å². The van der Waals surface area contributed by atoms with Gasteiger partial charge in [-0.25, -0.2) is 0 Å². The fraction of sp³-hybridized carbons (Fsp3) is 0.250. The van der Waals surface area contributed by atoms with Gasteiger partial charge in [-0.1, -0.05) is 30.3 Å². The molecule has 1 atom stereocenters. The lowest BCUT2D eigenvalue weighted by molar-refractivity contribution is -0.139. The van der Waals surface area contributed by atoms with Gasteiger partial charge in [0.1, 0.15) is 6.04 Å². The molecule has 3 aromatic rings. The van der Waals surface area contributed by atoms with E-state index in [2.05, 4.69) is 5.32 Å². The van der Waals surface area contributed by atoms with Gasteiger partial charge in [0.15, 0.2) is 0 Å². The molecule has 1 heterocycles. The Labute approximate surface area is 154 Å². The van der Waals surface area contributed by atoms with Gasteiger partial charge in [0, 0.05) is 30.1 Å². The predicted molar refractivity (Wildman–Crippen MR) is 96.7 cm³/mol. The van der Waals surface area contributed by atoms with Gasteiger partial charge in [-0.05, 0) is 36.4 Å². The number of aliphatic carboxylic acids is 1. The van der Waals surface area contributed by atoms with Crippen LogP contribution in [0.1, 0.15) is 16.7 Å². The molecule has 0 radical (unpaired) electrons. The first-order valence-electron chi connectivity index (χ1n) is 8.42. The normalized spacial score (nSPS) is 13.0. The van der Waals surface area contributed by atoms with Crippen molar-refractivity contribution in [1.82, 2.24) is 9.88 Å². The van der Waals surface area contributed by atoms with Gasteiger partial charge in [-0.2, -0.15) is 13.2 Å². The number of nitrogens with one attached hydrogen (secondary N) is 1. The summed E-state index contributed by atoms with van der Waals surface area (Å²) in [6.07, 6.45) is -2.17. The smallest absolute Gasteiger partial charge is 0.416 e. The SMILES string of the molecule is CNC(Cc1cn(Cc2ccc(C(F)(F)F)cc2)c2ccccc12)C(=O)O. The zero-order chi connectivity index (χ0) is 19.6. The van der Waals surface area contributed by atoms with Gasteiger partial charge in [0.25, 0.3) is 0 Å². The Morgan fingerprint density at radius 1 is 1.15 bits per heavy atom. The molecule has 0 bridgehead atoms. The van der Waals surface area contributed by atoms with Gasteiger partial charge in [0.05, 0.1) is 5.56 Å². The topological polar surface area (TPSA) is 54.3 Å². The Morgan fingerprint density at radius 2 is 1.81 bits per heavy atom. The fourth-order valence-electron chi connectivity index (χ4n) is 3.14. The van der Waals surface area contributed by atoms with E-state index in [1.807, 2.05) is 35.0 Å². The van der Waals surface area contributed by atoms with Gasteiger partial charge in [-0.15, -0.1) is 0 Å². The van der Waals surface area contributed by atoms with E-state index in [0.717, 1.165) is 34.2 Å². The van der Waals surface area contributed by atoms with Crippen molar-refractivity contribution in [3.63, 3.8) is 0 Å². The minimum Gasteiger partial charge on any atom is -0.480 e. The summed E-state index contributed by atoms with van der Waals surface area (Å²) in [7, 11) is 1.60. The number of carbonyl (C=O) groups is 1. The standard InChI is InChI=1S/C20H19F3N2O2/c1-24-17(19(26)27)10-14-12-25(18-5-3-2-4-16(14)18)11-13-6-8-15(9-7-13)20(21,22)23/h2-9,12,17,24H,10-11H2,1H3,(H,26,27). The number of alkyl halides is 3. The zero-order valence-electron chi connectivity index (χ0n) is 14.6. The molecular formula is C20H19F3N2O2. The van der Waals surface area contributed by atoms with Crippen LogP contribution in [-0.2, 0) is 23.9 Å². The fourth-order valence-corrected chi connectivity index (χ4v) is 3.14. The van der Waals surface area contributed by atoms with Crippen LogP contribution in [-0.4, -0.2) is 28.7 Å². The lowest BCUT2D eigenvalue weighted by atomic mass is 10.1. The van der Waals surface area contributed by atoms with E-state index in [1.54, 1.807) is 7.05 Å². The molecule has 2 aromatic carbocycles. The highest BCUT2D eigenvalue weighted by Crippen LogP contribution is 2.29. The highest BCUT2D eigenvalue weighted by atomic mass is 19.4. The second kappa shape index (κ2) is 7.44. The summed E-state index contributed by atoms with van der Waals surface area (Å²) in [5.74, 6) is -0.933. The highest BCUT2D eigenvalue weighted by Gasteiger charge is 2.30. The number of likely N-dealkylation sites (N-methyl/N-ethyl adjacent to an activating group) is 1. The molecule has 142 valence electrons. The summed E-state index contributed by atoms with van der Waals surface area (Å²) in [6.45, 7) is 0.399. The maximum Gasteiger partial charge on any atom is 0.416 e. The second-order valence-electron chi connectivity index (χ2n) is 6.38. The zero-order valence-corrected chi connectivity index (χ0v) is 14.6. The Hall–Kier alpha value is -2.80. The summed E-state index contributed by atoms with van der Waals surface area (Å²) < 4.78 is 40.1. The molecule has 0 fully saturated rings. The number of hydrogen-bond donors (Lipinski definition) is 2. The summed E-state index contributed by atoms with van der Waals surface area (Å²) in [5.41, 5.74) is 1.84. The average molecular weight is 376 g/mol. The Kier molecular flexibility index (Phi) is 5.23. The largest absolute Gasteiger partial charge is 0.480 e. The Balaban J connectivity index is 1.92. The van der Waals surface area contributed by atoms with E-state index in [-0.39, 0.29) is 0 Å². The molecule has 0 aliphatic heterocycles. The third kappa shape index (κ3) is 4.14. The van der Waals surface area contributed by atoms with Crippen molar-refractivity contribution in [2.75, 3.05) is 7.05 Å².